The summed E-state index contributed by atoms with van der Waals surface area (Å²) in [5, 5.41) is 0. The van der Waals surface area contributed by atoms with E-state index in [0.717, 1.165) is 30.2 Å². The van der Waals surface area contributed by atoms with Crippen molar-refractivity contribution in [2.75, 3.05) is 20.8 Å². The average Bonchev–Trinajstić information content (AvgIpc) is 3.02. The van der Waals surface area contributed by atoms with Gasteiger partial charge in [0.2, 0.25) is 0 Å². The van der Waals surface area contributed by atoms with Crippen LogP contribution in [0, 0.1) is 0 Å². The van der Waals surface area contributed by atoms with Crippen LogP contribution >= 0.6 is 0 Å². The minimum atomic E-state index is 0.865. The third-order valence-electron chi connectivity index (χ3n) is 4.21. The number of nitrogens with zero attached hydrogens (tertiary/aromatic N) is 1. The molecule has 0 amide bonds. The molecule has 3 heteroatoms. The smallest absolute Gasteiger partial charge is 0.118 e. The van der Waals surface area contributed by atoms with E-state index in [-0.39, 0.29) is 0 Å². The minimum Gasteiger partial charge on any atom is -0.497 e. The Balaban J connectivity index is 2.12. The Morgan fingerprint density at radius 2 is 1.30 bits per heavy atom. The third kappa shape index (κ3) is 3.14. The lowest BCUT2D eigenvalue weighted by Gasteiger charge is -2.14. The van der Waals surface area contributed by atoms with Gasteiger partial charge >= 0.3 is 0 Å². The van der Waals surface area contributed by atoms with Crippen LogP contribution in [0.1, 0.15) is 24.5 Å². The highest BCUT2D eigenvalue weighted by atomic mass is 16.5. The molecule has 0 fully saturated rings. The van der Waals surface area contributed by atoms with Gasteiger partial charge in [0, 0.05) is 12.3 Å². The van der Waals surface area contributed by atoms with Gasteiger partial charge in [0.25, 0.3) is 0 Å². The van der Waals surface area contributed by atoms with Crippen LogP contribution < -0.4 is 9.47 Å². The van der Waals surface area contributed by atoms with Gasteiger partial charge in [0.05, 0.1) is 14.2 Å². The molecule has 0 unspecified atom stereocenters. The molecule has 0 aromatic heterocycles. The molecule has 0 N–H and O–H groups in total. The first-order valence-electron chi connectivity index (χ1n) is 7.76. The van der Waals surface area contributed by atoms with Crippen molar-refractivity contribution in [3.8, 4) is 11.5 Å². The van der Waals surface area contributed by atoms with E-state index in [1.807, 2.05) is 24.3 Å². The predicted molar refractivity (Wildman–Crippen MR) is 94.6 cm³/mol. The van der Waals surface area contributed by atoms with Crippen molar-refractivity contribution < 1.29 is 9.47 Å². The summed E-state index contributed by atoms with van der Waals surface area (Å²) in [6, 6.07) is 16.4. The fourth-order valence-electron chi connectivity index (χ4n) is 2.95. The normalized spacial score (nSPS) is 13.7. The van der Waals surface area contributed by atoms with E-state index in [4.69, 9.17) is 9.47 Å². The Labute approximate surface area is 137 Å². The number of methoxy groups -OCH3 is 2. The Kier molecular flexibility index (Phi) is 4.47. The van der Waals surface area contributed by atoms with E-state index in [9.17, 15) is 0 Å². The summed E-state index contributed by atoms with van der Waals surface area (Å²) in [7, 11) is 3.37. The molecule has 0 spiro atoms. The summed E-state index contributed by atoms with van der Waals surface area (Å²) in [5.41, 5.74) is 6.06. The summed E-state index contributed by atoms with van der Waals surface area (Å²) in [5.74, 6) is 1.73. The van der Waals surface area contributed by atoms with Crippen molar-refractivity contribution >= 4 is 11.3 Å². The van der Waals surface area contributed by atoms with Crippen LogP contribution in [0.25, 0.3) is 5.57 Å². The van der Waals surface area contributed by atoms with Crippen LogP contribution in [-0.2, 0) is 0 Å². The fraction of sp³-hybridized carbons (Fsp3) is 0.250. The molecule has 0 aliphatic carbocycles. The van der Waals surface area contributed by atoms with Gasteiger partial charge in [-0.2, -0.15) is 0 Å². The Morgan fingerprint density at radius 1 is 0.826 bits per heavy atom. The molecule has 1 aliphatic rings. The van der Waals surface area contributed by atoms with Crippen LogP contribution in [0.5, 0.6) is 11.5 Å². The van der Waals surface area contributed by atoms with Crippen molar-refractivity contribution in [2.24, 2.45) is 4.99 Å². The number of benzene rings is 2. The predicted octanol–water partition coefficient (Wildman–Crippen LogP) is 4.37. The van der Waals surface area contributed by atoms with E-state index in [1.54, 1.807) is 14.2 Å². The van der Waals surface area contributed by atoms with Crippen LogP contribution in [0.2, 0.25) is 0 Å². The van der Waals surface area contributed by atoms with Gasteiger partial charge in [-0.3, -0.25) is 4.99 Å². The number of ether oxygens (including phenoxy) is 2. The zero-order valence-electron chi connectivity index (χ0n) is 13.8. The molecule has 0 saturated carbocycles. The number of hydrogen-bond acceptors (Lipinski definition) is 3. The Morgan fingerprint density at radius 3 is 1.65 bits per heavy atom. The molecular weight excluding hydrogens is 286 g/mol. The first kappa shape index (κ1) is 15.3. The maximum atomic E-state index is 5.28. The Hall–Kier alpha value is -2.55. The van der Waals surface area contributed by atoms with Gasteiger partial charge in [0.15, 0.2) is 0 Å². The summed E-state index contributed by atoms with van der Waals surface area (Å²) >= 11 is 0. The number of hydrogen-bond donors (Lipinski definition) is 0. The highest BCUT2D eigenvalue weighted by Gasteiger charge is 2.17. The number of rotatable bonds is 4. The average molecular weight is 307 g/mol. The topological polar surface area (TPSA) is 30.8 Å². The van der Waals surface area contributed by atoms with E-state index in [0.29, 0.717) is 0 Å². The third-order valence-corrected chi connectivity index (χ3v) is 4.21. The standard InChI is InChI=1S/C20H21NO2/c1-14-19(12-13-21-14)20(15-4-8-17(22-2)9-5-15)16-6-10-18(23-3)11-7-16/h4-11H,12-13H2,1-3H3. The Bertz CT molecular complexity index is 691. The lowest BCUT2D eigenvalue weighted by Crippen LogP contribution is -1.99. The molecule has 0 radical (unpaired) electrons. The fourth-order valence-corrected chi connectivity index (χ4v) is 2.95. The first-order valence-corrected chi connectivity index (χ1v) is 7.76. The molecule has 0 saturated heterocycles. The SMILES string of the molecule is COc1ccc(C(=C2CCN=C2C)c2ccc(OC)cc2)cc1. The van der Waals surface area contributed by atoms with E-state index in [2.05, 4.69) is 36.2 Å². The lowest BCUT2D eigenvalue weighted by atomic mass is 9.90. The summed E-state index contributed by atoms with van der Waals surface area (Å²) in [6.45, 7) is 2.96. The molecule has 118 valence electrons. The van der Waals surface area contributed by atoms with Gasteiger partial charge < -0.3 is 9.47 Å². The highest BCUT2D eigenvalue weighted by Crippen LogP contribution is 2.33. The maximum absolute atomic E-state index is 5.28. The molecular formula is C20H21NO2. The van der Waals surface area contributed by atoms with Crippen LogP contribution in [0.15, 0.2) is 59.1 Å². The maximum Gasteiger partial charge on any atom is 0.118 e. The van der Waals surface area contributed by atoms with Gasteiger partial charge in [0.1, 0.15) is 11.5 Å². The van der Waals surface area contributed by atoms with Crippen LogP contribution in [-0.4, -0.2) is 26.5 Å². The van der Waals surface area contributed by atoms with Gasteiger partial charge in [-0.1, -0.05) is 24.3 Å². The van der Waals surface area contributed by atoms with Crippen molar-refractivity contribution in [3.05, 3.63) is 65.2 Å². The summed E-state index contributed by atoms with van der Waals surface area (Å²) in [6.07, 6.45) is 0.985. The lowest BCUT2D eigenvalue weighted by molar-refractivity contribution is 0.414. The van der Waals surface area contributed by atoms with E-state index >= 15 is 0 Å². The molecule has 2 aromatic carbocycles. The van der Waals surface area contributed by atoms with Gasteiger partial charge in [-0.15, -0.1) is 0 Å². The van der Waals surface area contributed by atoms with Crippen molar-refractivity contribution in [3.63, 3.8) is 0 Å². The van der Waals surface area contributed by atoms with Gasteiger partial charge in [-0.05, 0) is 59.9 Å². The molecule has 0 atom stereocenters. The van der Waals surface area contributed by atoms with Crippen molar-refractivity contribution in [1.29, 1.82) is 0 Å². The van der Waals surface area contributed by atoms with Crippen LogP contribution in [0.3, 0.4) is 0 Å². The first-order chi connectivity index (χ1) is 11.2. The molecule has 3 nitrogen and oxygen atoms in total. The molecule has 23 heavy (non-hydrogen) atoms. The molecule has 1 aliphatic heterocycles. The summed E-state index contributed by atoms with van der Waals surface area (Å²) in [4.78, 5) is 4.57. The molecule has 2 aromatic rings. The highest BCUT2D eigenvalue weighted by molar-refractivity contribution is 6.08. The quantitative estimate of drug-likeness (QED) is 0.839. The van der Waals surface area contributed by atoms with Crippen molar-refractivity contribution in [1.82, 2.24) is 0 Å². The largest absolute Gasteiger partial charge is 0.497 e. The molecule has 3 rings (SSSR count). The van der Waals surface area contributed by atoms with E-state index < -0.39 is 0 Å². The van der Waals surface area contributed by atoms with Crippen molar-refractivity contribution in [2.45, 2.75) is 13.3 Å². The van der Waals surface area contributed by atoms with Crippen LogP contribution in [0.4, 0.5) is 0 Å². The molecule has 0 bridgehead atoms. The zero-order valence-corrected chi connectivity index (χ0v) is 13.8. The molecule has 1 heterocycles. The number of aliphatic imine (C=N–C) groups is 1. The second-order valence-corrected chi connectivity index (χ2v) is 5.53. The van der Waals surface area contributed by atoms with E-state index in [1.165, 1.54) is 22.3 Å². The second-order valence-electron chi connectivity index (χ2n) is 5.53. The second kappa shape index (κ2) is 6.69. The van der Waals surface area contributed by atoms with Gasteiger partial charge in [-0.25, -0.2) is 0 Å². The zero-order chi connectivity index (χ0) is 16.2. The monoisotopic (exact) mass is 307 g/mol. The summed E-state index contributed by atoms with van der Waals surface area (Å²) < 4.78 is 10.6. The minimum absolute atomic E-state index is 0.865.